The first kappa shape index (κ1) is 16.0. The number of nitrogens with zero attached hydrogens (tertiary/aromatic N) is 3. The van der Waals surface area contributed by atoms with Crippen LogP contribution in [0.5, 0.6) is 0 Å². The largest absolute Gasteiger partial charge is 0.369 e. The van der Waals surface area contributed by atoms with Gasteiger partial charge in [0.25, 0.3) is 0 Å². The summed E-state index contributed by atoms with van der Waals surface area (Å²) in [6.07, 6.45) is 0.974. The van der Waals surface area contributed by atoms with Crippen molar-refractivity contribution in [1.29, 1.82) is 0 Å². The minimum Gasteiger partial charge on any atom is -0.369 e. The molecule has 2 heterocycles. The van der Waals surface area contributed by atoms with E-state index < -0.39 is 0 Å². The smallest absolute Gasteiger partial charge is 0.123 e. The lowest BCUT2D eigenvalue weighted by Crippen LogP contribution is -2.47. The number of hydrogen-bond acceptors (Lipinski definition) is 3. The number of hydrogen-bond donors (Lipinski definition) is 0. The fraction of sp³-hybridized carbons (Fsp3) is 0.286. The Labute approximate surface area is 147 Å². The number of piperazine rings is 1. The molecule has 25 heavy (non-hydrogen) atoms. The molecule has 3 aromatic rings. The predicted molar refractivity (Wildman–Crippen MR) is 101 cm³/mol. The average molecular weight is 335 g/mol. The van der Waals surface area contributed by atoms with E-state index in [2.05, 4.69) is 34.1 Å². The molecule has 0 spiro atoms. The van der Waals surface area contributed by atoms with Gasteiger partial charge in [-0.05, 0) is 36.4 Å². The van der Waals surface area contributed by atoms with E-state index in [1.54, 1.807) is 0 Å². The van der Waals surface area contributed by atoms with Gasteiger partial charge in [0.15, 0.2) is 0 Å². The lowest BCUT2D eigenvalue weighted by atomic mass is 10.1. The molecule has 0 amide bonds. The SMILES string of the molecule is Fc1ccc(N2CCN(CCc3ccc4ccccc4n3)CC2)cc1. The number of anilines is 1. The molecule has 1 aliphatic rings. The molecule has 1 saturated heterocycles. The van der Waals surface area contributed by atoms with Crippen molar-refractivity contribution in [2.24, 2.45) is 0 Å². The van der Waals surface area contributed by atoms with E-state index in [1.807, 2.05) is 24.3 Å². The van der Waals surface area contributed by atoms with Crippen LogP contribution in [0.25, 0.3) is 10.9 Å². The van der Waals surface area contributed by atoms with Crippen LogP contribution < -0.4 is 4.90 Å². The molecule has 4 heteroatoms. The molecule has 1 aromatic heterocycles. The molecular formula is C21H22FN3. The average Bonchev–Trinajstić information content (AvgIpc) is 2.67. The van der Waals surface area contributed by atoms with Gasteiger partial charge in [0.05, 0.1) is 5.52 Å². The highest BCUT2D eigenvalue weighted by molar-refractivity contribution is 5.78. The fourth-order valence-corrected chi connectivity index (χ4v) is 3.40. The van der Waals surface area contributed by atoms with Crippen LogP contribution in [0, 0.1) is 5.82 Å². The van der Waals surface area contributed by atoms with Gasteiger partial charge in [-0.2, -0.15) is 0 Å². The van der Waals surface area contributed by atoms with E-state index in [1.165, 1.54) is 17.5 Å². The molecule has 0 atom stereocenters. The molecule has 0 N–H and O–H groups in total. The van der Waals surface area contributed by atoms with Crippen molar-refractivity contribution in [3.8, 4) is 0 Å². The first-order chi connectivity index (χ1) is 12.3. The quantitative estimate of drug-likeness (QED) is 0.724. The number of benzene rings is 2. The fourth-order valence-electron chi connectivity index (χ4n) is 3.40. The van der Waals surface area contributed by atoms with Gasteiger partial charge < -0.3 is 4.90 Å². The normalized spacial score (nSPS) is 15.6. The Morgan fingerprint density at radius 1 is 0.840 bits per heavy atom. The maximum atomic E-state index is 13.0. The van der Waals surface area contributed by atoms with Crippen molar-refractivity contribution in [3.05, 3.63) is 72.2 Å². The number of para-hydroxylation sites is 1. The summed E-state index contributed by atoms with van der Waals surface area (Å²) >= 11 is 0. The summed E-state index contributed by atoms with van der Waals surface area (Å²) < 4.78 is 13.0. The first-order valence-electron chi connectivity index (χ1n) is 8.85. The highest BCUT2D eigenvalue weighted by atomic mass is 19.1. The van der Waals surface area contributed by atoms with Crippen molar-refractivity contribution in [2.45, 2.75) is 6.42 Å². The third kappa shape index (κ3) is 3.80. The molecule has 0 bridgehead atoms. The van der Waals surface area contributed by atoms with Gasteiger partial charge in [-0.25, -0.2) is 4.39 Å². The van der Waals surface area contributed by atoms with Crippen LogP contribution >= 0.6 is 0 Å². The molecule has 128 valence electrons. The van der Waals surface area contributed by atoms with Crippen LogP contribution in [-0.2, 0) is 6.42 Å². The van der Waals surface area contributed by atoms with Crippen molar-refractivity contribution in [2.75, 3.05) is 37.6 Å². The molecule has 0 saturated carbocycles. The second kappa shape index (κ2) is 7.19. The molecule has 0 radical (unpaired) electrons. The zero-order valence-electron chi connectivity index (χ0n) is 14.2. The summed E-state index contributed by atoms with van der Waals surface area (Å²) in [6, 6.07) is 19.3. The van der Waals surface area contributed by atoms with Crippen molar-refractivity contribution in [1.82, 2.24) is 9.88 Å². The van der Waals surface area contributed by atoms with Gasteiger partial charge >= 0.3 is 0 Å². The van der Waals surface area contributed by atoms with Crippen LogP contribution in [0.1, 0.15) is 5.69 Å². The van der Waals surface area contributed by atoms with Crippen molar-refractivity contribution < 1.29 is 4.39 Å². The predicted octanol–water partition coefficient (Wildman–Crippen LogP) is 3.74. The molecule has 1 fully saturated rings. The lowest BCUT2D eigenvalue weighted by Gasteiger charge is -2.36. The molecular weight excluding hydrogens is 313 g/mol. The van der Waals surface area contributed by atoms with E-state index in [0.717, 1.165) is 56.0 Å². The zero-order chi connectivity index (χ0) is 17.1. The van der Waals surface area contributed by atoms with E-state index in [-0.39, 0.29) is 5.82 Å². The Hall–Kier alpha value is -2.46. The lowest BCUT2D eigenvalue weighted by molar-refractivity contribution is 0.260. The summed E-state index contributed by atoms with van der Waals surface area (Å²) in [7, 11) is 0. The Bertz CT molecular complexity index is 839. The van der Waals surface area contributed by atoms with E-state index in [0.29, 0.717) is 0 Å². The Balaban J connectivity index is 1.31. The van der Waals surface area contributed by atoms with Crippen LogP contribution in [0.15, 0.2) is 60.7 Å². The third-order valence-corrected chi connectivity index (χ3v) is 4.90. The maximum Gasteiger partial charge on any atom is 0.123 e. The minimum atomic E-state index is -0.176. The topological polar surface area (TPSA) is 19.4 Å². The van der Waals surface area contributed by atoms with Gasteiger partial charge in [0, 0.05) is 55.9 Å². The standard InChI is InChI=1S/C21H22FN3/c22-18-6-9-20(10-7-18)25-15-13-24(14-16-25)12-11-19-8-5-17-3-1-2-4-21(17)23-19/h1-10H,11-16H2. The Kier molecular flexibility index (Phi) is 4.61. The Morgan fingerprint density at radius 2 is 1.60 bits per heavy atom. The van der Waals surface area contributed by atoms with E-state index >= 15 is 0 Å². The second-order valence-electron chi connectivity index (χ2n) is 6.55. The van der Waals surface area contributed by atoms with Crippen molar-refractivity contribution in [3.63, 3.8) is 0 Å². The van der Waals surface area contributed by atoms with Crippen molar-refractivity contribution >= 4 is 16.6 Å². The van der Waals surface area contributed by atoms with Crippen LogP contribution in [0.2, 0.25) is 0 Å². The third-order valence-electron chi connectivity index (χ3n) is 4.90. The van der Waals surface area contributed by atoms with Gasteiger partial charge in [0.2, 0.25) is 0 Å². The summed E-state index contributed by atoms with van der Waals surface area (Å²) in [5.74, 6) is -0.176. The number of pyridine rings is 1. The summed E-state index contributed by atoms with van der Waals surface area (Å²) in [5, 5.41) is 1.19. The van der Waals surface area contributed by atoms with Gasteiger partial charge in [0.1, 0.15) is 5.82 Å². The first-order valence-corrected chi connectivity index (χ1v) is 8.85. The van der Waals surface area contributed by atoms with Crippen LogP contribution in [-0.4, -0.2) is 42.6 Å². The van der Waals surface area contributed by atoms with Crippen LogP contribution in [0.3, 0.4) is 0 Å². The van der Waals surface area contributed by atoms with Gasteiger partial charge in [-0.3, -0.25) is 9.88 Å². The summed E-state index contributed by atoms with van der Waals surface area (Å²) in [5.41, 5.74) is 3.33. The second-order valence-corrected chi connectivity index (χ2v) is 6.55. The number of halogens is 1. The van der Waals surface area contributed by atoms with Gasteiger partial charge in [-0.15, -0.1) is 0 Å². The highest BCUT2D eigenvalue weighted by Gasteiger charge is 2.17. The van der Waals surface area contributed by atoms with E-state index in [4.69, 9.17) is 4.98 Å². The van der Waals surface area contributed by atoms with E-state index in [9.17, 15) is 4.39 Å². The molecule has 4 rings (SSSR count). The molecule has 3 nitrogen and oxygen atoms in total. The van der Waals surface area contributed by atoms with Gasteiger partial charge in [-0.1, -0.05) is 24.3 Å². The monoisotopic (exact) mass is 335 g/mol. The maximum absolute atomic E-state index is 13.0. The van der Waals surface area contributed by atoms with Crippen LogP contribution in [0.4, 0.5) is 10.1 Å². The minimum absolute atomic E-state index is 0.176. The zero-order valence-corrected chi connectivity index (χ0v) is 14.2. The molecule has 1 aliphatic heterocycles. The summed E-state index contributed by atoms with van der Waals surface area (Å²) in [4.78, 5) is 9.56. The molecule has 2 aromatic carbocycles. The molecule has 0 unspecified atom stereocenters. The number of rotatable bonds is 4. The number of fused-ring (bicyclic) bond motifs is 1. The Morgan fingerprint density at radius 3 is 2.40 bits per heavy atom. The number of aromatic nitrogens is 1. The summed E-state index contributed by atoms with van der Waals surface area (Å²) in [6.45, 7) is 5.06. The highest BCUT2D eigenvalue weighted by Crippen LogP contribution is 2.17. The molecule has 0 aliphatic carbocycles.